The van der Waals surface area contributed by atoms with Crippen molar-refractivity contribution in [3.05, 3.63) is 59.9 Å². The number of hydrogen-bond donors (Lipinski definition) is 1. The molecule has 0 atom stereocenters. The van der Waals surface area contributed by atoms with Crippen LogP contribution in [0.25, 0.3) is 11.0 Å². The summed E-state index contributed by atoms with van der Waals surface area (Å²) in [5.74, 6) is 0.896. The number of nitrogens with zero attached hydrogens (tertiary/aromatic N) is 3. The maximum absolute atomic E-state index is 13.3. The maximum Gasteiger partial charge on any atom is 0.223 e. The Hall–Kier alpha value is -2.89. The van der Waals surface area contributed by atoms with E-state index in [1.807, 2.05) is 44.2 Å². The Bertz CT molecular complexity index is 988. The fourth-order valence-electron chi connectivity index (χ4n) is 3.98. The quantitative estimate of drug-likeness (QED) is 0.713. The minimum atomic E-state index is -0.230. The summed E-state index contributed by atoms with van der Waals surface area (Å²) in [7, 11) is 0. The lowest BCUT2D eigenvalue weighted by molar-refractivity contribution is -0.126. The molecule has 29 heavy (non-hydrogen) atoms. The van der Waals surface area contributed by atoms with E-state index in [9.17, 15) is 9.18 Å². The number of para-hydroxylation sites is 2. The van der Waals surface area contributed by atoms with E-state index in [2.05, 4.69) is 20.9 Å². The van der Waals surface area contributed by atoms with E-state index in [0.29, 0.717) is 6.54 Å². The van der Waals surface area contributed by atoms with Crippen molar-refractivity contribution in [2.45, 2.75) is 39.3 Å². The van der Waals surface area contributed by atoms with Crippen LogP contribution in [0.15, 0.2) is 48.5 Å². The first-order valence-corrected chi connectivity index (χ1v) is 10.3. The SMILES string of the molecule is CC(C)NC(=O)C1CCN(c2nc3ccccc3n2Cc2ccc(F)cc2)CC1. The molecule has 6 heteroatoms. The van der Waals surface area contributed by atoms with E-state index in [-0.39, 0.29) is 23.7 Å². The van der Waals surface area contributed by atoms with Gasteiger partial charge in [0.2, 0.25) is 11.9 Å². The van der Waals surface area contributed by atoms with E-state index in [1.54, 1.807) is 0 Å². The van der Waals surface area contributed by atoms with Gasteiger partial charge in [0.15, 0.2) is 0 Å². The highest BCUT2D eigenvalue weighted by atomic mass is 19.1. The number of amides is 1. The molecule has 2 aromatic carbocycles. The molecule has 5 nitrogen and oxygen atoms in total. The van der Waals surface area contributed by atoms with Crippen LogP contribution in [-0.4, -0.2) is 34.6 Å². The minimum absolute atomic E-state index is 0.0589. The first kappa shape index (κ1) is 19.4. The highest BCUT2D eigenvalue weighted by molar-refractivity contribution is 5.80. The lowest BCUT2D eigenvalue weighted by Gasteiger charge is -2.32. The molecule has 152 valence electrons. The number of imidazole rings is 1. The van der Waals surface area contributed by atoms with Gasteiger partial charge in [-0.05, 0) is 56.5 Å². The second-order valence-electron chi connectivity index (χ2n) is 8.04. The summed E-state index contributed by atoms with van der Waals surface area (Å²) >= 11 is 0. The third-order valence-electron chi connectivity index (χ3n) is 5.47. The zero-order valence-electron chi connectivity index (χ0n) is 16.9. The van der Waals surface area contributed by atoms with Crippen molar-refractivity contribution >= 4 is 22.9 Å². The molecule has 0 saturated carbocycles. The summed E-state index contributed by atoms with van der Waals surface area (Å²) in [4.78, 5) is 19.5. The molecule has 1 aromatic heterocycles. The topological polar surface area (TPSA) is 50.2 Å². The summed E-state index contributed by atoms with van der Waals surface area (Å²) in [5.41, 5.74) is 3.04. The van der Waals surface area contributed by atoms with Gasteiger partial charge in [0.25, 0.3) is 0 Å². The van der Waals surface area contributed by atoms with Crippen molar-refractivity contribution in [2.75, 3.05) is 18.0 Å². The Kier molecular flexibility index (Phi) is 5.51. The largest absolute Gasteiger partial charge is 0.354 e. The lowest BCUT2D eigenvalue weighted by Crippen LogP contribution is -2.43. The predicted molar refractivity (Wildman–Crippen MR) is 113 cm³/mol. The van der Waals surface area contributed by atoms with Crippen LogP contribution in [0.4, 0.5) is 10.3 Å². The van der Waals surface area contributed by atoms with Gasteiger partial charge >= 0.3 is 0 Å². The third-order valence-corrected chi connectivity index (χ3v) is 5.47. The van der Waals surface area contributed by atoms with Crippen molar-refractivity contribution in [2.24, 2.45) is 5.92 Å². The van der Waals surface area contributed by atoms with Gasteiger partial charge in [0, 0.05) is 25.0 Å². The highest BCUT2D eigenvalue weighted by Crippen LogP contribution is 2.28. The van der Waals surface area contributed by atoms with Gasteiger partial charge in [-0.15, -0.1) is 0 Å². The summed E-state index contributed by atoms with van der Waals surface area (Å²) in [6.07, 6.45) is 1.64. The third kappa shape index (κ3) is 4.26. The molecule has 1 aliphatic rings. The number of aromatic nitrogens is 2. The number of rotatable bonds is 5. The minimum Gasteiger partial charge on any atom is -0.354 e. The van der Waals surface area contributed by atoms with Crippen molar-refractivity contribution in [3.8, 4) is 0 Å². The fourth-order valence-corrected chi connectivity index (χ4v) is 3.98. The van der Waals surface area contributed by atoms with Gasteiger partial charge in [-0.1, -0.05) is 24.3 Å². The highest BCUT2D eigenvalue weighted by Gasteiger charge is 2.28. The molecule has 3 aromatic rings. The van der Waals surface area contributed by atoms with Gasteiger partial charge in [-0.2, -0.15) is 0 Å². The van der Waals surface area contributed by atoms with Gasteiger partial charge in [-0.25, -0.2) is 9.37 Å². The molecular weight excluding hydrogens is 367 g/mol. The van der Waals surface area contributed by atoms with Crippen molar-refractivity contribution in [1.29, 1.82) is 0 Å². The van der Waals surface area contributed by atoms with E-state index >= 15 is 0 Å². The zero-order chi connectivity index (χ0) is 20.4. The Morgan fingerprint density at radius 3 is 2.52 bits per heavy atom. The molecule has 1 N–H and O–H groups in total. The monoisotopic (exact) mass is 394 g/mol. The van der Waals surface area contributed by atoms with Gasteiger partial charge in [0.1, 0.15) is 5.82 Å². The Labute approximate surface area is 170 Å². The normalized spacial score (nSPS) is 15.2. The number of benzene rings is 2. The Morgan fingerprint density at radius 2 is 1.83 bits per heavy atom. The van der Waals surface area contributed by atoms with Crippen LogP contribution in [0.3, 0.4) is 0 Å². The summed E-state index contributed by atoms with van der Waals surface area (Å²) in [6.45, 7) is 6.20. The number of carbonyl (C=O) groups is 1. The smallest absolute Gasteiger partial charge is 0.223 e. The standard InChI is InChI=1S/C23H27FN4O/c1-16(2)25-22(29)18-11-13-27(14-12-18)23-26-20-5-3-4-6-21(20)28(23)15-17-7-9-19(24)10-8-17/h3-10,16,18H,11-15H2,1-2H3,(H,25,29). The van der Waals surface area contributed by atoms with Crippen LogP contribution < -0.4 is 10.2 Å². The van der Waals surface area contributed by atoms with E-state index < -0.39 is 0 Å². The van der Waals surface area contributed by atoms with Crippen molar-refractivity contribution in [1.82, 2.24) is 14.9 Å². The molecule has 0 spiro atoms. The maximum atomic E-state index is 13.3. The van der Waals surface area contributed by atoms with Crippen LogP contribution in [0.1, 0.15) is 32.3 Å². The molecular formula is C23H27FN4O. The molecule has 0 radical (unpaired) electrons. The van der Waals surface area contributed by atoms with Crippen LogP contribution in [0.5, 0.6) is 0 Å². The number of piperidine rings is 1. The Morgan fingerprint density at radius 1 is 1.14 bits per heavy atom. The number of halogens is 1. The van der Waals surface area contributed by atoms with Gasteiger partial charge in [0.05, 0.1) is 17.6 Å². The predicted octanol–water partition coefficient (Wildman–Crippen LogP) is 3.96. The number of nitrogens with one attached hydrogen (secondary N) is 1. The summed E-state index contributed by atoms with van der Waals surface area (Å²) in [5, 5.41) is 3.03. The number of hydrogen-bond acceptors (Lipinski definition) is 3. The van der Waals surface area contributed by atoms with Crippen LogP contribution in [0, 0.1) is 11.7 Å². The Balaban J connectivity index is 1.57. The first-order chi connectivity index (χ1) is 14.0. The number of carbonyl (C=O) groups excluding carboxylic acids is 1. The van der Waals surface area contributed by atoms with E-state index in [1.165, 1.54) is 12.1 Å². The number of anilines is 1. The molecule has 1 aliphatic heterocycles. The molecule has 0 bridgehead atoms. The van der Waals surface area contributed by atoms with Gasteiger partial charge in [-0.3, -0.25) is 4.79 Å². The molecule has 0 unspecified atom stereocenters. The summed E-state index contributed by atoms with van der Waals surface area (Å²) < 4.78 is 15.5. The molecule has 1 saturated heterocycles. The molecule has 1 amide bonds. The molecule has 4 rings (SSSR count). The second kappa shape index (κ2) is 8.23. The second-order valence-corrected chi connectivity index (χ2v) is 8.04. The van der Waals surface area contributed by atoms with Crippen LogP contribution in [0.2, 0.25) is 0 Å². The van der Waals surface area contributed by atoms with E-state index in [0.717, 1.165) is 48.5 Å². The molecule has 2 heterocycles. The van der Waals surface area contributed by atoms with Gasteiger partial charge < -0.3 is 14.8 Å². The van der Waals surface area contributed by atoms with Crippen LogP contribution >= 0.6 is 0 Å². The zero-order valence-corrected chi connectivity index (χ0v) is 16.9. The van der Waals surface area contributed by atoms with Crippen molar-refractivity contribution in [3.63, 3.8) is 0 Å². The first-order valence-electron chi connectivity index (χ1n) is 10.3. The lowest BCUT2D eigenvalue weighted by atomic mass is 9.96. The van der Waals surface area contributed by atoms with Crippen LogP contribution in [-0.2, 0) is 11.3 Å². The molecule has 0 aliphatic carbocycles. The fraction of sp³-hybridized carbons (Fsp3) is 0.391. The average molecular weight is 394 g/mol. The molecule has 1 fully saturated rings. The van der Waals surface area contributed by atoms with Crippen molar-refractivity contribution < 1.29 is 9.18 Å². The number of fused-ring (bicyclic) bond motifs is 1. The summed E-state index contributed by atoms with van der Waals surface area (Å²) in [6, 6.07) is 14.9. The van der Waals surface area contributed by atoms with E-state index in [4.69, 9.17) is 4.98 Å². The average Bonchev–Trinajstić information content (AvgIpc) is 3.08.